The Morgan fingerprint density at radius 2 is 1.58 bits per heavy atom. The monoisotopic (exact) mass is 437 g/mol. The Morgan fingerprint density at radius 1 is 0.968 bits per heavy atom. The second-order valence-electron chi connectivity index (χ2n) is 8.84. The molecule has 31 heavy (non-hydrogen) atoms. The Morgan fingerprint density at radius 3 is 2.16 bits per heavy atom. The fourth-order valence-electron chi connectivity index (χ4n) is 2.64. The molecule has 4 N–H and O–H groups in total. The smallest absolute Gasteiger partial charge is 0.422 e. The molecule has 0 aliphatic carbocycles. The first kappa shape index (κ1) is 26.7. The van der Waals surface area contributed by atoms with Crippen LogP contribution in [0.5, 0.6) is 5.75 Å². The number of hydrazine groups is 1. The lowest BCUT2D eigenvalue weighted by molar-refractivity contribution is -0.123. The number of ether oxygens (including phenoxy) is 2. The summed E-state index contributed by atoms with van der Waals surface area (Å²) in [5, 5.41) is 12.4. The number of hydrogen-bond acceptors (Lipinski definition) is 6. The predicted octanol–water partition coefficient (Wildman–Crippen LogP) is 4.14. The highest BCUT2D eigenvalue weighted by molar-refractivity contribution is 5.98. The number of aliphatic hydroxyl groups excluding tert-OH is 1. The highest BCUT2D eigenvalue weighted by atomic mass is 16.6. The van der Waals surface area contributed by atoms with Gasteiger partial charge in [0.25, 0.3) is 0 Å². The largest absolute Gasteiger partial charge is 0.494 e. The maximum Gasteiger partial charge on any atom is 0.422 e. The molecule has 0 fully saturated rings. The van der Waals surface area contributed by atoms with Gasteiger partial charge in [-0.15, -0.1) is 0 Å². The molecule has 0 aromatic heterocycles. The fraction of sp³-hybridized carbons (Fsp3) is 0.652. The Kier molecular flexibility index (Phi) is 11.3. The molecule has 0 aliphatic heterocycles. The van der Waals surface area contributed by atoms with E-state index in [-0.39, 0.29) is 0 Å². The van der Waals surface area contributed by atoms with Crippen LogP contribution in [0.4, 0.5) is 10.5 Å². The van der Waals surface area contributed by atoms with Gasteiger partial charge in [0, 0.05) is 5.69 Å². The normalized spacial score (nSPS) is 13.2. The second-order valence-corrected chi connectivity index (χ2v) is 8.84. The average Bonchev–Trinajstić information content (AvgIpc) is 2.71. The lowest BCUT2D eigenvalue weighted by atomic mass is 10.0. The molecule has 0 radical (unpaired) electrons. The van der Waals surface area contributed by atoms with Crippen LogP contribution in [0, 0.1) is 0 Å². The fourth-order valence-corrected chi connectivity index (χ4v) is 2.64. The Hall–Kier alpha value is -2.32. The molecule has 1 unspecified atom stereocenters. The van der Waals surface area contributed by atoms with Crippen LogP contribution in [0.3, 0.4) is 0 Å². The molecule has 0 aliphatic rings. The van der Waals surface area contributed by atoms with Gasteiger partial charge in [0.2, 0.25) is 5.91 Å². The van der Waals surface area contributed by atoms with E-state index < -0.39 is 29.7 Å². The third-order valence-corrected chi connectivity index (χ3v) is 4.54. The van der Waals surface area contributed by atoms with Crippen molar-refractivity contribution in [2.45, 2.75) is 84.3 Å². The maximum atomic E-state index is 12.6. The van der Waals surface area contributed by atoms with Crippen molar-refractivity contribution >= 4 is 17.7 Å². The number of unbranched alkanes of at least 4 members (excludes halogenated alkanes) is 5. The van der Waals surface area contributed by atoms with Crippen LogP contribution >= 0.6 is 0 Å². The number of anilines is 1. The predicted molar refractivity (Wildman–Crippen MR) is 122 cm³/mol. The molecule has 0 bridgehead atoms. The highest BCUT2D eigenvalue weighted by Gasteiger charge is 2.33. The summed E-state index contributed by atoms with van der Waals surface area (Å²) in [7, 11) is 0. The number of nitrogens with one attached hydrogen (secondary N) is 3. The molecule has 1 aromatic rings. The van der Waals surface area contributed by atoms with Crippen LogP contribution in [0.1, 0.15) is 73.1 Å². The average molecular weight is 438 g/mol. The van der Waals surface area contributed by atoms with E-state index in [0.717, 1.165) is 18.6 Å². The summed E-state index contributed by atoms with van der Waals surface area (Å²) in [5.41, 5.74) is 3.27. The van der Waals surface area contributed by atoms with Crippen LogP contribution in [-0.2, 0) is 9.53 Å². The van der Waals surface area contributed by atoms with Crippen LogP contribution < -0.4 is 20.9 Å². The lowest BCUT2D eigenvalue weighted by Crippen LogP contribution is -2.61. The summed E-state index contributed by atoms with van der Waals surface area (Å²) in [6, 6.07) is 7.03. The van der Waals surface area contributed by atoms with E-state index >= 15 is 0 Å². The molecule has 2 amide bonds. The molecule has 0 saturated heterocycles. The topological polar surface area (TPSA) is 109 Å². The van der Waals surface area contributed by atoms with Crippen molar-refractivity contribution in [3.8, 4) is 5.75 Å². The number of benzene rings is 1. The second kappa shape index (κ2) is 13.2. The summed E-state index contributed by atoms with van der Waals surface area (Å²) in [4.78, 5) is 24.4. The van der Waals surface area contributed by atoms with E-state index in [2.05, 4.69) is 23.1 Å². The van der Waals surface area contributed by atoms with E-state index in [1.807, 2.05) is 0 Å². The molecule has 8 heteroatoms. The van der Waals surface area contributed by atoms with Crippen LogP contribution in [0.25, 0.3) is 0 Å². The number of hydrogen-bond donors (Lipinski definition) is 4. The molecule has 1 atom stereocenters. The van der Waals surface area contributed by atoms with Crippen molar-refractivity contribution in [1.29, 1.82) is 0 Å². The minimum Gasteiger partial charge on any atom is -0.494 e. The molecule has 0 heterocycles. The van der Waals surface area contributed by atoms with E-state index in [0.29, 0.717) is 12.3 Å². The minimum atomic E-state index is -1.44. The van der Waals surface area contributed by atoms with Gasteiger partial charge in [0.1, 0.15) is 16.9 Å². The van der Waals surface area contributed by atoms with Crippen molar-refractivity contribution in [1.82, 2.24) is 10.9 Å². The van der Waals surface area contributed by atoms with Gasteiger partial charge >= 0.3 is 6.09 Å². The Balaban J connectivity index is 2.47. The summed E-state index contributed by atoms with van der Waals surface area (Å²) < 4.78 is 10.9. The first-order valence-corrected chi connectivity index (χ1v) is 11.0. The molecule has 0 spiro atoms. The van der Waals surface area contributed by atoms with Crippen molar-refractivity contribution in [2.24, 2.45) is 0 Å². The van der Waals surface area contributed by atoms with Crippen LogP contribution in [0.15, 0.2) is 24.3 Å². The molecule has 8 nitrogen and oxygen atoms in total. The van der Waals surface area contributed by atoms with Crippen molar-refractivity contribution in [2.75, 3.05) is 18.5 Å². The Bertz CT molecular complexity index is 673. The van der Waals surface area contributed by atoms with E-state index in [1.54, 1.807) is 45.0 Å². The zero-order valence-corrected chi connectivity index (χ0v) is 19.5. The lowest BCUT2D eigenvalue weighted by Gasteiger charge is -2.28. The summed E-state index contributed by atoms with van der Waals surface area (Å²) in [5.74, 6) is 0.230. The molecular formula is C23H39N3O5. The third kappa shape index (κ3) is 11.0. The zero-order chi connectivity index (χ0) is 23.3. The van der Waals surface area contributed by atoms with Gasteiger partial charge in [-0.3, -0.25) is 10.2 Å². The number of carbonyl (C=O) groups is 2. The quantitative estimate of drug-likeness (QED) is 0.273. The molecule has 1 aromatic carbocycles. The molecule has 176 valence electrons. The highest BCUT2D eigenvalue weighted by Crippen LogP contribution is 2.18. The van der Waals surface area contributed by atoms with Gasteiger partial charge in [-0.1, -0.05) is 39.0 Å². The van der Waals surface area contributed by atoms with Gasteiger partial charge in [0.05, 0.1) is 13.2 Å². The maximum absolute atomic E-state index is 12.6. The van der Waals surface area contributed by atoms with Gasteiger partial charge in [0.15, 0.2) is 0 Å². The van der Waals surface area contributed by atoms with Gasteiger partial charge in [-0.2, -0.15) is 0 Å². The summed E-state index contributed by atoms with van der Waals surface area (Å²) in [6.45, 7) is 8.99. The first-order chi connectivity index (χ1) is 14.6. The summed E-state index contributed by atoms with van der Waals surface area (Å²) in [6.07, 6.45) is 6.49. The van der Waals surface area contributed by atoms with Crippen molar-refractivity contribution < 1.29 is 24.2 Å². The first-order valence-electron chi connectivity index (χ1n) is 11.0. The number of amides is 2. The van der Waals surface area contributed by atoms with Crippen molar-refractivity contribution in [3.05, 3.63) is 24.3 Å². The minimum absolute atomic E-state index is 0.508. The van der Waals surface area contributed by atoms with Gasteiger partial charge in [-0.25, -0.2) is 10.2 Å². The summed E-state index contributed by atoms with van der Waals surface area (Å²) >= 11 is 0. The number of rotatable bonds is 13. The standard InChI is InChI=1S/C23H39N3O5/c1-6-7-8-9-10-11-16-30-19-14-12-18(13-15-19)24-20(28)23(5,17-27)26-25-21(29)31-22(2,3)4/h12-15,26-27H,6-11,16-17H2,1-5H3,(H,24,28)(H,25,29). The van der Waals surface area contributed by atoms with E-state index in [1.165, 1.54) is 32.6 Å². The van der Waals surface area contributed by atoms with Crippen LogP contribution in [-0.4, -0.2) is 41.5 Å². The Labute approximate surface area is 186 Å². The number of carbonyl (C=O) groups excluding carboxylic acids is 2. The molecule has 0 saturated carbocycles. The molecular weight excluding hydrogens is 398 g/mol. The van der Waals surface area contributed by atoms with Crippen molar-refractivity contribution in [3.63, 3.8) is 0 Å². The van der Waals surface area contributed by atoms with Gasteiger partial charge in [-0.05, 0) is 58.4 Å². The molecule has 1 rings (SSSR count). The van der Waals surface area contributed by atoms with E-state index in [9.17, 15) is 14.7 Å². The van der Waals surface area contributed by atoms with Crippen LogP contribution in [0.2, 0.25) is 0 Å². The van der Waals surface area contributed by atoms with Gasteiger partial charge < -0.3 is 19.9 Å². The number of aliphatic hydroxyl groups is 1. The zero-order valence-electron chi connectivity index (χ0n) is 19.5. The third-order valence-electron chi connectivity index (χ3n) is 4.54. The van der Waals surface area contributed by atoms with E-state index in [4.69, 9.17) is 9.47 Å². The SMILES string of the molecule is CCCCCCCCOc1ccc(NC(=O)C(C)(CO)NNC(=O)OC(C)(C)C)cc1.